The van der Waals surface area contributed by atoms with E-state index in [1.165, 1.54) is 17.2 Å². The maximum absolute atomic E-state index is 13.7. The molecule has 3 rings (SSSR count). The van der Waals surface area contributed by atoms with Crippen LogP contribution in [0.25, 0.3) is 0 Å². The molecule has 3 unspecified atom stereocenters. The molecule has 12 nitrogen and oxygen atoms in total. The van der Waals surface area contributed by atoms with Crippen LogP contribution in [0.3, 0.4) is 0 Å². The number of benzene rings is 1. The van der Waals surface area contributed by atoms with E-state index in [1.54, 1.807) is 12.1 Å². The van der Waals surface area contributed by atoms with Crippen LogP contribution < -0.4 is 10.1 Å². The molecular weight excluding hydrogens is 639 g/mol. The number of aliphatic hydroxyl groups excluding tert-OH is 1. The van der Waals surface area contributed by atoms with Crippen molar-refractivity contribution in [3.05, 3.63) is 64.5 Å². The fourth-order valence-electron chi connectivity index (χ4n) is 5.37. The van der Waals surface area contributed by atoms with Gasteiger partial charge in [-0.3, -0.25) is 14.3 Å². The Morgan fingerprint density at radius 2 is 1.92 bits per heavy atom. The Bertz CT molecular complexity index is 1500. The Hall–Kier alpha value is -3.81. The highest BCUT2D eigenvalue weighted by Gasteiger charge is 2.32. The van der Waals surface area contributed by atoms with E-state index in [2.05, 4.69) is 48.6 Å². The molecule has 2 N–H and O–H groups in total. The molecule has 2 heterocycles. The number of aliphatic hydroxyl groups is 1. The van der Waals surface area contributed by atoms with Crippen LogP contribution in [0.1, 0.15) is 115 Å². The van der Waals surface area contributed by atoms with E-state index in [1.807, 2.05) is 38.6 Å². The van der Waals surface area contributed by atoms with Gasteiger partial charge in [-0.25, -0.2) is 0 Å². The first-order valence-corrected chi connectivity index (χ1v) is 17.3. The number of carbonyl (C=O) groups is 3. The van der Waals surface area contributed by atoms with Gasteiger partial charge in [-0.15, -0.1) is 5.10 Å². The normalized spacial score (nSPS) is 18.8. The summed E-state index contributed by atoms with van der Waals surface area (Å²) in [6.45, 7) is 15.0. The second kappa shape index (κ2) is 19.0. The Morgan fingerprint density at radius 3 is 2.62 bits per heavy atom. The Labute approximate surface area is 297 Å². The van der Waals surface area contributed by atoms with Gasteiger partial charge >= 0.3 is 0 Å². The number of aromatic nitrogens is 3. The molecule has 1 aromatic carbocycles. The third-order valence-electron chi connectivity index (χ3n) is 8.66. The molecule has 13 heteroatoms. The van der Waals surface area contributed by atoms with Crippen LogP contribution in [0, 0.1) is 0 Å². The lowest BCUT2D eigenvalue weighted by Crippen LogP contribution is -2.45. The zero-order chi connectivity index (χ0) is 36.9. The predicted molar refractivity (Wildman–Crippen MR) is 190 cm³/mol. The number of ether oxygens (including phenoxy) is 4. The number of aryl methyl sites for hydroxylation is 1. The third kappa shape index (κ3) is 13.5. The molecule has 2 radical (unpaired) electrons. The summed E-state index contributed by atoms with van der Waals surface area (Å²) >= 11 is 0. The Balaban J connectivity index is 1.58. The van der Waals surface area contributed by atoms with Crippen molar-refractivity contribution in [2.75, 3.05) is 6.61 Å². The number of allylic oxidation sites excluding steroid dienone is 4. The highest BCUT2D eigenvalue weighted by atomic mass is 16.7. The summed E-state index contributed by atoms with van der Waals surface area (Å²) in [6.07, 6.45) is 9.31. The lowest BCUT2D eigenvalue weighted by molar-refractivity contribution is -0.176. The van der Waals surface area contributed by atoms with E-state index in [0.29, 0.717) is 24.9 Å². The topological polar surface area (TPSA) is 151 Å². The first kappa shape index (κ1) is 40.6. The van der Waals surface area contributed by atoms with Crippen LogP contribution in [0.4, 0.5) is 4.79 Å². The van der Waals surface area contributed by atoms with Crippen molar-refractivity contribution < 1.29 is 38.4 Å². The summed E-state index contributed by atoms with van der Waals surface area (Å²) in [5, 5.41) is 21.9. The largest absolute Gasteiger partial charge is 0.470 e. The van der Waals surface area contributed by atoms with Gasteiger partial charge in [-0.05, 0) is 98.3 Å². The molecule has 1 aromatic heterocycles. The lowest BCUT2D eigenvalue weighted by Gasteiger charge is -2.32. The minimum atomic E-state index is -0.948. The monoisotopic (exact) mass is 692 g/mol. The van der Waals surface area contributed by atoms with E-state index >= 15 is 0 Å². The first-order chi connectivity index (χ1) is 23.6. The summed E-state index contributed by atoms with van der Waals surface area (Å²) in [7, 11) is 5.12. The van der Waals surface area contributed by atoms with E-state index < -0.39 is 41.4 Å². The Kier molecular flexibility index (Phi) is 15.4. The number of hydrogen-bond donors (Lipinski definition) is 2. The minimum Gasteiger partial charge on any atom is -0.470 e. The lowest BCUT2D eigenvalue weighted by atomic mass is 9.99. The van der Waals surface area contributed by atoms with Gasteiger partial charge in [0.15, 0.2) is 0 Å². The maximum atomic E-state index is 13.7. The van der Waals surface area contributed by atoms with Crippen LogP contribution in [0.2, 0.25) is 0 Å². The molecule has 0 spiro atoms. The van der Waals surface area contributed by atoms with E-state index in [9.17, 15) is 19.5 Å². The molecule has 1 saturated heterocycles. The fourth-order valence-corrected chi connectivity index (χ4v) is 5.37. The number of nitrogens with zero attached hydrogens (tertiary/aromatic N) is 3. The summed E-state index contributed by atoms with van der Waals surface area (Å²) < 4.78 is 24.6. The molecule has 1 aliphatic rings. The minimum absolute atomic E-state index is 0.123. The van der Waals surface area contributed by atoms with E-state index in [0.717, 1.165) is 37.9 Å². The van der Waals surface area contributed by atoms with Crippen molar-refractivity contribution in [1.29, 1.82) is 0 Å². The van der Waals surface area contributed by atoms with Crippen LogP contribution in [-0.4, -0.2) is 76.7 Å². The van der Waals surface area contributed by atoms with E-state index in [-0.39, 0.29) is 30.8 Å². The molecule has 1 aliphatic heterocycles. The molecule has 2 aromatic rings. The first-order valence-electron chi connectivity index (χ1n) is 17.3. The summed E-state index contributed by atoms with van der Waals surface area (Å²) in [5.74, 6) is -1.22. The van der Waals surface area contributed by atoms with Crippen molar-refractivity contribution >= 4 is 25.9 Å². The predicted octanol–water partition coefficient (Wildman–Crippen LogP) is 5.85. The summed E-state index contributed by atoms with van der Waals surface area (Å²) in [6, 6.07) is 4.70. The quantitative estimate of drug-likeness (QED) is 0.104. The number of rotatable bonds is 19. The smallest absolute Gasteiger partial charge is 0.255 e. The third-order valence-corrected chi connectivity index (χ3v) is 8.66. The molecule has 1 fully saturated rings. The van der Waals surface area contributed by atoms with Gasteiger partial charge in [0.25, 0.3) is 5.91 Å². The number of carbonyl (C=O) groups excluding carboxylic acids is 3. The second-order valence-corrected chi connectivity index (χ2v) is 14.1. The second-order valence-electron chi connectivity index (χ2n) is 14.1. The van der Waals surface area contributed by atoms with Crippen molar-refractivity contribution in [3.63, 3.8) is 0 Å². The maximum Gasteiger partial charge on any atom is 0.255 e. The highest BCUT2D eigenvalue weighted by molar-refractivity contribution is 6.55. The molecular formula is C37H53BN4O8. The molecule has 1 amide bonds. The zero-order valence-corrected chi connectivity index (χ0v) is 30.6. The van der Waals surface area contributed by atoms with Crippen molar-refractivity contribution in [2.24, 2.45) is 0 Å². The van der Waals surface area contributed by atoms with Gasteiger partial charge in [-0.2, -0.15) is 0 Å². The average Bonchev–Trinajstić information content (AvgIpc) is 3.53. The zero-order valence-electron chi connectivity index (χ0n) is 30.6. The average molecular weight is 693 g/mol. The fraction of sp³-hybridized carbons (Fsp3) is 0.595. The number of nitrogens with one attached hydrogen (secondary N) is 1. The van der Waals surface area contributed by atoms with Gasteiger partial charge in [0.05, 0.1) is 24.5 Å². The van der Waals surface area contributed by atoms with Crippen LogP contribution >= 0.6 is 0 Å². The molecule has 3 atom stereocenters. The van der Waals surface area contributed by atoms with Gasteiger partial charge in [0.1, 0.15) is 36.0 Å². The van der Waals surface area contributed by atoms with Crippen LogP contribution in [-0.2, 0) is 37.8 Å². The summed E-state index contributed by atoms with van der Waals surface area (Å²) in [4.78, 5) is 36.2. The van der Waals surface area contributed by atoms with Crippen LogP contribution in [0.15, 0.2) is 47.7 Å². The van der Waals surface area contributed by atoms with Gasteiger partial charge in [0, 0.05) is 24.9 Å². The van der Waals surface area contributed by atoms with Crippen molar-refractivity contribution in [1.82, 2.24) is 20.3 Å². The molecule has 272 valence electrons. The number of amides is 1. The summed E-state index contributed by atoms with van der Waals surface area (Å²) in [5.41, 5.74) is 2.75. The SMILES string of the molecule is [B]C(=O)OCc1ccc(OC2CC(O)CC(C=O)O2)c(C(=O)NC(C)(C)CCOC(C)(C)c2cn(CCC/C(C)=C/CC/C(C)=C/C)nn2)c1. The van der Waals surface area contributed by atoms with Gasteiger partial charge < -0.3 is 34.2 Å². The number of aldehydes is 1. The molecule has 0 aliphatic carbocycles. The van der Waals surface area contributed by atoms with Crippen LogP contribution in [0.5, 0.6) is 5.75 Å². The van der Waals surface area contributed by atoms with Crippen molar-refractivity contribution in [3.8, 4) is 5.75 Å². The molecule has 50 heavy (non-hydrogen) atoms. The standard InChI is InChI=1S/C37H53BN4O8/c1-8-25(2)11-9-12-26(3)13-10-17-42-22-32(40-41-42)37(6,7)48-18-16-36(4,5)39-34(45)30-19-27(24-47-35(38)46)14-15-31(30)50-33-21-28(44)20-29(23-43)49-33/h8,12,14-15,19,22-23,28-29,33,44H,9-11,13,16-18,20-21,24H2,1-7H3,(H,39,45)/b25-8+,26-12+. The van der Waals surface area contributed by atoms with Gasteiger partial charge in [-0.1, -0.05) is 34.6 Å². The number of hydrogen-bond acceptors (Lipinski definition) is 10. The van der Waals surface area contributed by atoms with Gasteiger partial charge in [0.2, 0.25) is 20.0 Å². The highest BCUT2D eigenvalue weighted by Crippen LogP contribution is 2.28. The molecule has 0 bridgehead atoms. The molecule has 0 saturated carbocycles. The van der Waals surface area contributed by atoms with E-state index in [4.69, 9.17) is 26.8 Å². The van der Waals surface area contributed by atoms with Crippen molar-refractivity contribution in [2.45, 2.75) is 136 Å². The Morgan fingerprint density at radius 1 is 1.16 bits per heavy atom.